The summed E-state index contributed by atoms with van der Waals surface area (Å²) in [6.45, 7) is 3.35. The van der Waals surface area contributed by atoms with Crippen molar-refractivity contribution in [2.45, 2.75) is 19.9 Å². The van der Waals surface area contributed by atoms with Gasteiger partial charge in [-0.05, 0) is 5.92 Å². The van der Waals surface area contributed by atoms with E-state index in [-0.39, 0.29) is 11.5 Å². The number of hydrogen-bond acceptors (Lipinski definition) is 5. The standard InChI is InChI=1S/C12H13N3O4S/c1-6(2)8(11(18)19)14-9(16)7-5-13-12-15(10(7)17)3-4-20-12/h3-6,8H,1-2H3,(H,14,16)(H,18,19)/t8-/m1/s1. The predicted octanol–water partition coefficient (Wildman–Crippen LogP) is 0.595. The zero-order chi connectivity index (χ0) is 14.9. The molecule has 20 heavy (non-hydrogen) atoms. The first kappa shape index (κ1) is 14.2. The fourth-order valence-electron chi connectivity index (χ4n) is 1.71. The van der Waals surface area contributed by atoms with Crippen LogP contribution in [0.2, 0.25) is 0 Å². The average Bonchev–Trinajstić information content (AvgIpc) is 2.84. The maximum absolute atomic E-state index is 12.1. The number of nitrogens with one attached hydrogen (secondary N) is 1. The molecule has 106 valence electrons. The molecule has 0 aliphatic rings. The SMILES string of the molecule is CC(C)[C@@H](NC(=O)c1cnc2sccn2c1=O)C(=O)O. The summed E-state index contributed by atoms with van der Waals surface area (Å²) in [5.74, 6) is -2.17. The Kier molecular flexibility index (Phi) is 3.84. The van der Waals surface area contributed by atoms with Gasteiger partial charge in [0.15, 0.2) is 4.96 Å². The zero-order valence-corrected chi connectivity index (χ0v) is 11.7. The van der Waals surface area contributed by atoms with Crippen molar-refractivity contribution in [2.75, 3.05) is 0 Å². The Morgan fingerprint density at radius 1 is 1.45 bits per heavy atom. The van der Waals surface area contributed by atoms with Gasteiger partial charge in [0.25, 0.3) is 11.5 Å². The average molecular weight is 295 g/mol. The van der Waals surface area contributed by atoms with Crippen molar-refractivity contribution in [3.63, 3.8) is 0 Å². The quantitative estimate of drug-likeness (QED) is 0.860. The Labute approximate surface area is 117 Å². The highest BCUT2D eigenvalue weighted by molar-refractivity contribution is 7.15. The topological polar surface area (TPSA) is 101 Å². The van der Waals surface area contributed by atoms with E-state index in [9.17, 15) is 14.4 Å². The fraction of sp³-hybridized carbons (Fsp3) is 0.333. The van der Waals surface area contributed by atoms with Crippen LogP contribution in [-0.2, 0) is 4.79 Å². The van der Waals surface area contributed by atoms with Crippen LogP contribution in [-0.4, -0.2) is 32.4 Å². The summed E-state index contributed by atoms with van der Waals surface area (Å²) in [5, 5.41) is 13.1. The van der Waals surface area contributed by atoms with Gasteiger partial charge in [-0.25, -0.2) is 9.78 Å². The second-order valence-electron chi connectivity index (χ2n) is 4.57. The number of aromatic nitrogens is 2. The molecule has 2 aromatic rings. The third-order valence-electron chi connectivity index (χ3n) is 2.81. The van der Waals surface area contributed by atoms with Gasteiger partial charge in [-0.2, -0.15) is 0 Å². The number of thiazole rings is 1. The minimum atomic E-state index is -1.14. The molecule has 0 aromatic carbocycles. The van der Waals surface area contributed by atoms with Gasteiger partial charge in [0.2, 0.25) is 0 Å². The number of rotatable bonds is 4. The lowest BCUT2D eigenvalue weighted by Gasteiger charge is -2.17. The Hall–Kier alpha value is -2.22. The largest absolute Gasteiger partial charge is 0.480 e. The van der Waals surface area contributed by atoms with Crippen LogP contribution in [0.3, 0.4) is 0 Å². The van der Waals surface area contributed by atoms with Crippen molar-refractivity contribution in [1.82, 2.24) is 14.7 Å². The van der Waals surface area contributed by atoms with Crippen LogP contribution in [0.1, 0.15) is 24.2 Å². The van der Waals surface area contributed by atoms with Crippen LogP contribution in [0.5, 0.6) is 0 Å². The molecule has 0 fully saturated rings. The lowest BCUT2D eigenvalue weighted by atomic mass is 10.0. The number of carboxylic acid groups (broad SMARTS) is 1. The third-order valence-corrected chi connectivity index (χ3v) is 3.58. The number of fused-ring (bicyclic) bond motifs is 1. The van der Waals surface area contributed by atoms with E-state index in [4.69, 9.17) is 5.11 Å². The number of carbonyl (C=O) groups excluding carboxylic acids is 1. The number of carboxylic acids is 1. The fourth-order valence-corrected chi connectivity index (χ4v) is 2.39. The van der Waals surface area contributed by atoms with E-state index in [2.05, 4.69) is 10.3 Å². The molecule has 0 unspecified atom stereocenters. The lowest BCUT2D eigenvalue weighted by Crippen LogP contribution is -2.45. The minimum absolute atomic E-state index is 0.173. The van der Waals surface area contributed by atoms with Gasteiger partial charge in [-0.1, -0.05) is 13.8 Å². The van der Waals surface area contributed by atoms with Crippen molar-refractivity contribution in [3.8, 4) is 0 Å². The number of aliphatic carboxylic acids is 1. The summed E-state index contributed by atoms with van der Waals surface area (Å²) >= 11 is 1.27. The van der Waals surface area contributed by atoms with E-state index in [1.807, 2.05) is 0 Å². The smallest absolute Gasteiger partial charge is 0.326 e. The highest BCUT2D eigenvalue weighted by Crippen LogP contribution is 2.07. The first-order chi connectivity index (χ1) is 9.41. The van der Waals surface area contributed by atoms with E-state index in [0.29, 0.717) is 4.96 Å². The summed E-state index contributed by atoms with van der Waals surface area (Å²) in [4.78, 5) is 39.6. The van der Waals surface area contributed by atoms with E-state index >= 15 is 0 Å². The molecular weight excluding hydrogens is 282 g/mol. The molecule has 0 bridgehead atoms. The van der Waals surface area contributed by atoms with Gasteiger partial charge in [0.05, 0.1) is 0 Å². The Bertz CT molecular complexity index is 719. The third kappa shape index (κ3) is 2.55. The maximum atomic E-state index is 12.1. The van der Waals surface area contributed by atoms with Gasteiger partial charge in [0.1, 0.15) is 11.6 Å². The molecule has 0 radical (unpaired) electrons. The molecule has 7 nitrogen and oxygen atoms in total. The summed E-state index contributed by atoms with van der Waals surface area (Å²) in [6, 6.07) is -1.05. The van der Waals surface area contributed by atoms with Crippen molar-refractivity contribution >= 4 is 28.2 Å². The Balaban J connectivity index is 2.34. The number of carbonyl (C=O) groups is 2. The molecule has 1 amide bonds. The lowest BCUT2D eigenvalue weighted by molar-refractivity contribution is -0.140. The zero-order valence-electron chi connectivity index (χ0n) is 10.9. The molecule has 0 saturated heterocycles. The van der Waals surface area contributed by atoms with Crippen LogP contribution in [0.4, 0.5) is 0 Å². The van der Waals surface area contributed by atoms with Gasteiger partial charge >= 0.3 is 5.97 Å². The van der Waals surface area contributed by atoms with Gasteiger partial charge in [-0.15, -0.1) is 11.3 Å². The van der Waals surface area contributed by atoms with Gasteiger partial charge in [-0.3, -0.25) is 14.0 Å². The van der Waals surface area contributed by atoms with Crippen molar-refractivity contribution in [3.05, 3.63) is 33.7 Å². The maximum Gasteiger partial charge on any atom is 0.326 e. The summed E-state index contributed by atoms with van der Waals surface area (Å²) in [6.07, 6.45) is 2.69. The van der Waals surface area contributed by atoms with Crippen LogP contribution < -0.4 is 10.9 Å². The van der Waals surface area contributed by atoms with Crippen molar-refractivity contribution in [1.29, 1.82) is 0 Å². The van der Waals surface area contributed by atoms with Crippen molar-refractivity contribution in [2.24, 2.45) is 5.92 Å². The molecule has 0 aliphatic carbocycles. The first-order valence-electron chi connectivity index (χ1n) is 5.90. The van der Waals surface area contributed by atoms with Crippen LogP contribution in [0, 0.1) is 5.92 Å². The molecule has 1 atom stereocenters. The van der Waals surface area contributed by atoms with Crippen LogP contribution in [0.15, 0.2) is 22.6 Å². The molecule has 0 spiro atoms. The van der Waals surface area contributed by atoms with E-state index in [0.717, 1.165) is 0 Å². The number of nitrogens with zero attached hydrogens (tertiary/aromatic N) is 2. The Morgan fingerprint density at radius 2 is 2.15 bits per heavy atom. The second kappa shape index (κ2) is 5.41. The molecule has 2 rings (SSSR count). The van der Waals surface area contributed by atoms with Gasteiger partial charge < -0.3 is 10.4 Å². The normalized spacial score (nSPS) is 12.6. The number of amides is 1. The van der Waals surface area contributed by atoms with Crippen LogP contribution in [0.25, 0.3) is 4.96 Å². The van der Waals surface area contributed by atoms with E-state index in [1.54, 1.807) is 19.2 Å². The first-order valence-corrected chi connectivity index (χ1v) is 6.78. The molecule has 0 saturated carbocycles. The molecule has 2 N–H and O–H groups in total. The highest BCUT2D eigenvalue weighted by Gasteiger charge is 2.25. The highest BCUT2D eigenvalue weighted by atomic mass is 32.1. The molecule has 2 aromatic heterocycles. The molecule has 8 heteroatoms. The second-order valence-corrected chi connectivity index (χ2v) is 5.44. The summed E-state index contributed by atoms with van der Waals surface area (Å²) < 4.78 is 1.25. The molecule has 0 aliphatic heterocycles. The summed E-state index contributed by atoms with van der Waals surface area (Å²) in [7, 11) is 0. The summed E-state index contributed by atoms with van der Waals surface area (Å²) in [5.41, 5.74) is -0.686. The number of hydrogen-bond donors (Lipinski definition) is 2. The Morgan fingerprint density at radius 3 is 2.75 bits per heavy atom. The van der Waals surface area contributed by atoms with Crippen molar-refractivity contribution < 1.29 is 14.7 Å². The van der Waals surface area contributed by atoms with Crippen LogP contribution >= 0.6 is 11.3 Å². The van der Waals surface area contributed by atoms with E-state index in [1.165, 1.54) is 28.1 Å². The monoisotopic (exact) mass is 295 g/mol. The van der Waals surface area contributed by atoms with E-state index < -0.39 is 23.5 Å². The molecular formula is C12H13N3O4S. The van der Waals surface area contributed by atoms with Gasteiger partial charge in [0, 0.05) is 17.8 Å². The minimum Gasteiger partial charge on any atom is -0.480 e. The molecule has 2 heterocycles. The predicted molar refractivity (Wildman–Crippen MR) is 73.1 cm³/mol.